The van der Waals surface area contributed by atoms with Crippen molar-refractivity contribution in [1.82, 2.24) is 9.55 Å². The molecule has 5 heteroatoms. The standard InChI is InChI=1S/C8H7I2N2P/c1-5-3-2-4-6-7(5)8(9)11-12(6)13-10/h2-4,13H,1H3. The molecule has 2 rings (SSSR count). The molecule has 2 aromatic rings. The van der Waals surface area contributed by atoms with E-state index >= 15 is 0 Å². The maximum absolute atomic E-state index is 4.48. The van der Waals surface area contributed by atoms with Crippen molar-refractivity contribution in [3.63, 3.8) is 0 Å². The van der Waals surface area contributed by atoms with Crippen LogP contribution in [0.1, 0.15) is 5.56 Å². The van der Waals surface area contributed by atoms with E-state index in [-0.39, 0.29) is 0 Å². The Morgan fingerprint density at radius 1 is 1.46 bits per heavy atom. The second-order valence-electron chi connectivity index (χ2n) is 2.76. The minimum absolute atomic E-state index is 0.672. The van der Waals surface area contributed by atoms with E-state index in [4.69, 9.17) is 0 Å². The summed E-state index contributed by atoms with van der Waals surface area (Å²) in [6, 6.07) is 6.35. The molecule has 1 atom stereocenters. The Bertz CT molecular complexity index is 453. The molecule has 0 radical (unpaired) electrons. The van der Waals surface area contributed by atoms with Gasteiger partial charge in [-0.25, -0.2) is 4.45 Å². The number of hydrogen-bond acceptors (Lipinski definition) is 1. The summed E-state index contributed by atoms with van der Waals surface area (Å²) in [7, 11) is 0. The van der Waals surface area contributed by atoms with Gasteiger partial charge >= 0.3 is 0 Å². The second kappa shape index (κ2) is 3.98. The summed E-state index contributed by atoms with van der Waals surface area (Å²) < 4.78 is 3.17. The molecule has 0 amide bonds. The molecular formula is C8H7I2N2P. The smallest absolute Gasteiger partial charge is 0.131 e. The Morgan fingerprint density at radius 2 is 2.23 bits per heavy atom. The zero-order chi connectivity index (χ0) is 9.42. The highest BCUT2D eigenvalue weighted by atomic mass is 127. The molecule has 0 saturated heterocycles. The first-order valence-electron chi connectivity index (χ1n) is 3.74. The summed E-state index contributed by atoms with van der Waals surface area (Å²) in [6.45, 7) is 2.13. The van der Waals surface area contributed by atoms with E-state index in [0.717, 1.165) is 3.70 Å². The summed E-state index contributed by atoms with van der Waals surface area (Å²) in [5, 5.41) is 5.78. The van der Waals surface area contributed by atoms with Gasteiger partial charge in [-0.15, -0.1) is 0 Å². The molecule has 0 aliphatic carbocycles. The minimum atomic E-state index is 0.672. The van der Waals surface area contributed by atoms with Crippen LogP contribution in [0, 0.1) is 10.6 Å². The van der Waals surface area contributed by atoms with Gasteiger partial charge in [0.2, 0.25) is 0 Å². The molecule has 0 aliphatic rings. The lowest BCUT2D eigenvalue weighted by Crippen LogP contribution is -1.81. The highest BCUT2D eigenvalue weighted by Crippen LogP contribution is 2.32. The van der Waals surface area contributed by atoms with Gasteiger partial charge in [0.25, 0.3) is 0 Å². The number of aryl methyl sites for hydroxylation is 1. The Kier molecular flexibility index (Phi) is 3.10. The van der Waals surface area contributed by atoms with Gasteiger partial charge in [-0.3, -0.25) is 0 Å². The van der Waals surface area contributed by atoms with Gasteiger partial charge in [0.1, 0.15) is 3.70 Å². The molecular weight excluding hydrogens is 409 g/mol. The van der Waals surface area contributed by atoms with E-state index in [0.29, 0.717) is 6.37 Å². The minimum Gasteiger partial charge on any atom is -0.236 e. The Hall–Kier alpha value is 0.580. The zero-order valence-corrected chi connectivity index (χ0v) is 12.2. The molecule has 1 unspecified atom stereocenters. The third kappa shape index (κ3) is 1.72. The van der Waals surface area contributed by atoms with Crippen LogP contribution < -0.4 is 0 Å². The third-order valence-electron chi connectivity index (χ3n) is 1.95. The largest absolute Gasteiger partial charge is 0.236 e. The fourth-order valence-corrected chi connectivity index (χ4v) is 3.99. The van der Waals surface area contributed by atoms with E-state index in [1.165, 1.54) is 16.5 Å². The summed E-state index contributed by atoms with van der Waals surface area (Å²) in [5.41, 5.74) is 2.56. The lowest BCUT2D eigenvalue weighted by molar-refractivity contribution is 1.02. The average Bonchev–Trinajstić information content (AvgIpc) is 2.44. The first-order chi connectivity index (χ1) is 6.24. The Labute approximate surface area is 105 Å². The zero-order valence-electron chi connectivity index (χ0n) is 6.88. The SMILES string of the molecule is Cc1cccc2c1c(I)nn2PI. The van der Waals surface area contributed by atoms with Crippen molar-refractivity contribution >= 4 is 61.9 Å². The lowest BCUT2D eigenvalue weighted by atomic mass is 10.1. The molecule has 0 saturated carbocycles. The lowest BCUT2D eigenvalue weighted by Gasteiger charge is -1.97. The molecule has 0 bridgehead atoms. The molecule has 13 heavy (non-hydrogen) atoms. The van der Waals surface area contributed by atoms with Crippen molar-refractivity contribution in [3.05, 3.63) is 27.5 Å². The molecule has 68 valence electrons. The van der Waals surface area contributed by atoms with Crippen LogP contribution in [0.3, 0.4) is 0 Å². The van der Waals surface area contributed by atoms with Gasteiger partial charge in [0, 0.05) is 5.39 Å². The third-order valence-corrected chi connectivity index (χ3v) is 4.58. The number of hydrogen-bond donors (Lipinski definition) is 0. The van der Waals surface area contributed by atoms with Crippen LogP contribution in [0.2, 0.25) is 0 Å². The first-order valence-corrected chi connectivity index (χ1v) is 8.88. The topological polar surface area (TPSA) is 17.8 Å². The van der Waals surface area contributed by atoms with Crippen molar-refractivity contribution in [2.75, 3.05) is 0 Å². The van der Waals surface area contributed by atoms with E-state index in [1.54, 1.807) is 0 Å². The second-order valence-corrected chi connectivity index (χ2v) is 5.82. The number of aromatic nitrogens is 2. The van der Waals surface area contributed by atoms with E-state index in [1.807, 2.05) is 0 Å². The number of halogens is 2. The predicted molar refractivity (Wildman–Crippen MR) is 74.9 cm³/mol. The number of benzene rings is 1. The van der Waals surface area contributed by atoms with Crippen LogP contribution in [0.5, 0.6) is 0 Å². The van der Waals surface area contributed by atoms with Crippen molar-refractivity contribution in [3.8, 4) is 0 Å². The van der Waals surface area contributed by atoms with Gasteiger partial charge < -0.3 is 0 Å². The van der Waals surface area contributed by atoms with Crippen LogP contribution >= 0.6 is 51.0 Å². The quantitative estimate of drug-likeness (QED) is 0.512. The van der Waals surface area contributed by atoms with E-state index < -0.39 is 0 Å². The molecule has 0 aliphatic heterocycles. The monoisotopic (exact) mass is 416 g/mol. The van der Waals surface area contributed by atoms with Gasteiger partial charge in [-0.2, -0.15) is 5.10 Å². The summed E-state index contributed by atoms with van der Waals surface area (Å²) >= 11 is 4.65. The number of nitrogens with zero attached hydrogens (tertiary/aromatic N) is 2. The van der Waals surface area contributed by atoms with Crippen LogP contribution in [-0.4, -0.2) is 9.55 Å². The van der Waals surface area contributed by atoms with Gasteiger partial charge in [0.15, 0.2) is 0 Å². The van der Waals surface area contributed by atoms with Crippen LogP contribution in [-0.2, 0) is 0 Å². The van der Waals surface area contributed by atoms with Gasteiger partial charge in [-0.05, 0) is 63.2 Å². The molecule has 1 aromatic carbocycles. The molecule has 1 aromatic heterocycles. The molecule has 1 heterocycles. The van der Waals surface area contributed by atoms with E-state index in [9.17, 15) is 0 Å². The van der Waals surface area contributed by atoms with Crippen molar-refractivity contribution in [2.45, 2.75) is 6.92 Å². The number of fused-ring (bicyclic) bond motifs is 1. The fraction of sp³-hybridized carbons (Fsp3) is 0.125. The fourth-order valence-electron chi connectivity index (χ4n) is 1.35. The highest BCUT2D eigenvalue weighted by molar-refractivity contribution is 14.2. The van der Waals surface area contributed by atoms with Crippen molar-refractivity contribution in [1.29, 1.82) is 0 Å². The Morgan fingerprint density at radius 3 is 2.92 bits per heavy atom. The Balaban J connectivity index is 2.87. The normalized spacial score (nSPS) is 11.9. The maximum atomic E-state index is 4.48. The predicted octanol–water partition coefficient (Wildman–Crippen LogP) is 3.74. The van der Waals surface area contributed by atoms with Crippen LogP contribution in [0.15, 0.2) is 18.2 Å². The van der Waals surface area contributed by atoms with Crippen LogP contribution in [0.4, 0.5) is 0 Å². The summed E-state index contributed by atoms with van der Waals surface area (Å²) in [5.74, 6) is 0. The first kappa shape index (κ1) is 10.1. The van der Waals surface area contributed by atoms with Crippen LogP contribution in [0.25, 0.3) is 10.9 Å². The molecule has 0 fully saturated rings. The van der Waals surface area contributed by atoms with Gasteiger partial charge in [0.05, 0.1) is 11.9 Å². The summed E-state index contributed by atoms with van der Waals surface area (Å²) in [6.07, 6.45) is 0.672. The van der Waals surface area contributed by atoms with Crippen molar-refractivity contribution < 1.29 is 0 Å². The highest BCUT2D eigenvalue weighted by Gasteiger charge is 2.08. The van der Waals surface area contributed by atoms with Crippen molar-refractivity contribution in [2.24, 2.45) is 0 Å². The average molecular weight is 416 g/mol. The number of rotatable bonds is 1. The maximum Gasteiger partial charge on any atom is 0.131 e. The van der Waals surface area contributed by atoms with Gasteiger partial charge in [-0.1, -0.05) is 12.1 Å². The molecule has 2 nitrogen and oxygen atoms in total. The van der Waals surface area contributed by atoms with E-state index in [2.05, 4.69) is 79.3 Å². The summed E-state index contributed by atoms with van der Waals surface area (Å²) in [4.78, 5) is 0. The molecule has 0 spiro atoms. The molecule has 0 N–H and O–H groups in total.